The molecule has 6 unspecified atom stereocenters. The molecule has 6 atom stereocenters. The fourth-order valence-electron chi connectivity index (χ4n) is 6.38. The lowest BCUT2D eigenvalue weighted by molar-refractivity contribution is -0.148. The Morgan fingerprint density at radius 2 is 1.30 bits per heavy atom. The number of fused-ring (bicyclic) bond motifs is 2. The summed E-state index contributed by atoms with van der Waals surface area (Å²) < 4.78 is 5.46. The second-order valence-electron chi connectivity index (χ2n) is 13.8. The van der Waals surface area contributed by atoms with Gasteiger partial charge in [-0.15, -0.1) is 0 Å². The van der Waals surface area contributed by atoms with Crippen LogP contribution in [-0.2, 0) is 46.6 Å². The van der Waals surface area contributed by atoms with E-state index < -0.39 is 67.7 Å². The molecule has 21 nitrogen and oxygen atoms in total. The number of aromatic nitrogens is 1. The molecule has 0 aliphatic carbocycles. The minimum Gasteiger partial charge on any atom is -0.480 e. The zero-order chi connectivity index (χ0) is 42.3. The van der Waals surface area contributed by atoms with E-state index in [0.29, 0.717) is 30.6 Å². The SMILES string of the molecule is CCC(O)CNC(=O)CCC(C(=O)O)N1CCN(C(CCN(C=O)CC(O)CO)C(=O)O)CCN(C(CCN(C=O)CC(O)CO)OC=O)Cc2cccc(n2)C1. The van der Waals surface area contributed by atoms with Crippen molar-refractivity contribution in [1.82, 2.24) is 34.8 Å². The third kappa shape index (κ3) is 17.8. The van der Waals surface area contributed by atoms with E-state index in [1.54, 1.807) is 39.8 Å². The summed E-state index contributed by atoms with van der Waals surface area (Å²) in [6, 6.07) is 2.65. The maximum absolute atomic E-state index is 12.9. The van der Waals surface area contributed by atoms with E-state index in [-0.39, 0.29) is 104 Å². The van der Waals surface area contributed by atoms with Gasteiger partial charge in [0.05, 0.1) is 42.9 Å². The van der Waals surface area contributed by atoms with Gasteiger partial charge >= 0.3 is 11.9 Å². The number of hydrogen-bond acceptors (Lipinski definition) is 16. The van der Waals surface area contributed by atoms with Gasteiger partial charge in [-0.3, -0.25) is 48.5 Å². The number of carboxylic acid groups (broad SMARTS) is 2. The monoisotopic (exact) mass is 813 g/mol. The number of hydrogen-bond donors (Lipinski definition) is 8. The van der Waals surface area contributed by atoms with Crippen molar-refractivity contribution >= 4 is 37.1 Å². The number of carbonyl (C=O) groups excluding carboxylic acids is 4. The van der Waals surface area contributed by atoms with Crippen molar-refractivity contribution in [3.63, 3.8) is 0 Å². The van der Waals surface area contributed by atoms with Crippen LogP contribution in [0, 0.1) is 0 Å². The normalized spacial score (nSPS) is 17.6. The van der Waals surface area contributed by atoms with Crippen LogP contribution in [0.15, 0.2) is 18.2 Å². The Kier molecular flexibility index (Phi) is 22.7. The average molecular weight is 814 g/mol. The molecule has 0 fully saturated rings. The number of nitrogens with one attached hydrogen (secondary N) is 1. The Bertz CT molecular complexity index is 1400. The highest BCUT2D eigenvalue weighted by Crippen LogP contribution is 2.19. The molecule has 0 spiro atoms. The molecule has 0 radical (unpaired) electrons. The number of carbonyl (C=O) groups is 6. The molecule has 3 amide bonds. The summed E-state index contributed by atoms with van der Waals surface area (Å²) in [5.41, 5.74) is 0.944. The Balaban J connectivity index is 2.54. The summed E-state index contributed by atoms with van der Waals surface area (Å²) in [7, 11) is 0. The van der Waals surface area contributed by atoms with Gasteiger partial charge in [-0.1, -0.05) is 13.0 Å². The Labute approximate surface area is 331 Å². The third-order valence-corrected chi connectivity index (χ3v) is 9.63. The zero-order valence-corrected chi connectivity index (χ0v) is 32.3. The first-order valence-corrected chi connectivity index (χ1v) is 18.9. The fourth-order valence-corrected chi connectivity index (χ4v) is 6.38. The first kappa shape index (κ1) is 48.8. The summed E-state index contributed by atoms with van der Waals surface area (Å²) in [6.07, 6.45) is -3.21. The van der Waals surface area contributed by atoms with Gasteiger partial charge < -0.3 is 55.6 Å². The number of amides is 3. The predicted octanol–water partition coefficient (Wildman–Crippen LogP) is -3.52. The minimum absolute atomic E-state index is 0.00406. The highest BCUT2D eigenvalue weighted by atomic mass is 16.5. The van der Waals surface area contributed by atoms with Crippen molar-refractivity contribution in [2.45, 2.75) is 88.7 Å². The molecule has 2 bridgehead atoms. The molecule has 2 heterocycles. The first-order valence-electron chi connectivity index (χ1n) is 18.9. The van der Waals surface area contributed by atoms with Crippen molar-refractivity contribution < 1.29 is 69.2 Å². The van der Waals surface area contributed by atoms with E-state index >= 15 is 0 Å². The molecule has 2 rings (SSSR count). The molecule has 21 heteroatoms. The van der Waals surface area contributed by atoms with Gasteiger partial charge in [-0.25, -0.2) is 0 Å². The second-order valence-corrected chi connectivity index (χ2v) is 13.8. The maximum Gasteiger partial charge on any atom is 0.320 e. The second kappa shape index (κ2) is 26.5. The van der Waals surface area contributed by atoms with Crippen LogP contribution >= 0.6 is 0 Å². The molecule has 322 valence electrons. The number of aliphatic hydroxyl groups excluding tert-OH is 5. The van der Waals surface area contributed by atoms with Gasteiger partial charge in [0.2, 0.25) is 18.7 Å². The molecule has 0 saturated heterocycles. The van der Waals surface area contributed by atoms with Crippen molar-refractivity contribution in [2.24, 2.45) is 0 Å². The van der Waals surface area contributed by atoms with E-state index in [9.17, 15) is 64.5 Å². The Morgan fingerprint density at radius 1 is 0.789 bits per heavy atom. The molecule has 1 aromatic rings. The van der Waals surface area contributed by atoms with Crippen LogP contribution in [-0.4, -0.2) is 211 Å². The standard InChI is InChI=1S/C36H59N7O14/c1-2-28(49)16-37-33(52)7-6-31(35(53)54)42-14-12-41(32(36(55)56)8-10-39(23-46)19-29(50)21-44)13-15-43(18-27-5-3-4-26(17-42)38-27)34(57-25-48)9-11-40(24-47)20-30(51)22-45/h3-5,23-25,28-32,34,44-45,49-51H,2,6-22H2,1H3,(H,37,52)(H,53,54)(H,55,56). The largest absolute Gasteiger partial charge is 0.480 e. The lowest BCUT2D eigenvalue weighted by Gasteiger charge is -2.37. The van der Waals surface area contributed by atoms with Crippen molar-refractivity contribution in [2.75, 3.05) is 72.1 Å². The molecular weight excluding hydrogens is 754 g/mol. The number of aliphatic carboxylic acids is 2. The highest BCUT2D eigenvalue weighted by molar-refractivity contribution is 5.78. The number of nitrogens with zero attached hydrogens (tertiary/aromatic N) is 6. The van der Waals surface area contributed by atoms with Crippen LogP contribution < -0.4 is 5.32 Å². The van der Waals surface area contributed by atoms with Gasteiger partial charge in [0.1, 0.15) is 12.1 Å². The van der Waals surface area contributed by atoms with Crippen LogP contribution in [0.5, 0.6) is 0 Å². The number of rotatable bonds is 27. The minimum atomic E-state index is -1.26. The van der Waals surface area contributed by atoms with Gasteiger partial charge in [0, 0.05) is 84.8 Å². The van der Waals surface area contributed by atoms with Crippen LogP contribution in [0.2, 0.25) is 0 Å². The van der Waals surface area contributed by atoms with E-state index in [1.807, 2.05) is 0 Å². The summed E-state index contributed by atoms with van der Waals surface area (Å²) in [6.45, 7) is 0.326. The van der Waals surface area contributed by atoms with Gasteiger partial charge in [0.25, 0.3) is 6.47 Å². The lowest BCUT2D eigenvalue weighted by atomic mass is 10.1. The van der Waals surface area contributed by atoms with Crippen molar-refractivity contribution in [3.05, 3.63) is 29.6 Å². The van der Waals surface area contributed by atoms with Gasteiger partial charge in [0.15, 0.2) is 6.23 Å². The van der Waals surface area contributed by atoms with E-state index in [0.717, 1.165) is 4.90 Å². The molecule has 8 N–H and O–H groups in total. The van der Waals surface area contributed by atoms with Crippen molar-refractivity contribution in [3.8, 4) is 0 Å². The predicted molar refractivity (Wildman–Crippen MR) is 200 cm³/mol. The van der Waals surface area contributed by atoms with Crippen LogP contribution in [0.25, 0.3) is 0 Å². The Morgan fingerprint density at radius 3 is 1.81 bits per heavy atom. The lowest BCUT2D eigenvalue weighted by Crippen LogP contribution is -2.52. The van der Waals surface area contributed by atoms with Crippen LogP contribution in [0.4, 0.5) is 0 Å². The van der Waals surface area contributed by atoms with E-state index in [2.05, 4.69) is 5.32 Å². The summed E-state index contributed by atoms with van der Waals surface area (Å²) >= 11 is 0. The number of pyridine rings is 1. The fraction of sp³-hybridized carbons (Fsp3) is 0.694. The highest BCUT2D eigenvalue weighted by Gasteiger charge is 2.33. The third-order valence-electron chi connectivity index (χ3n) is 9.63. The maximum atomic E-state index is 12.9. The molecular formula is C36H59N7O14. The van der Waals surface area contributed by atoms with E-state index in [1.165, 1.54) is 4.90 Å². The summed E-state index contributed by atoms with van der Waals surface area (Å²) in [5.74, 6) is -2.93. The first-order chi connectivity index (χ1) is 27.3. The average Bonchev–Trinajstić information content (AvgIpc) is 3.19. The Hall–Kier alpha value is -4.35. The van der Waals surface area contributed by atoms with Gasteiger partial charge in [-0.05, 0) is 31.4 Å². The molecule has 0 aromatic carbocycles. The molecule has 1 aliphatic heterocycles. The van der Waals surface area contributed by atoms with Crippen molar-refractivity contribution in [1.29, 1.82) is 0 Å². The number of ether oxygens (including phenoxy) is 1. The summed E-state index contributed by atoms with van der Waals surface area (Å²) in [4.78, 5) is 85.5. The zero-order valence-electron chi connectivity index (χ0n) is 32.3. The molecule has 57 heavy (non-hydrogen) atoms. The molecule has 1 aliphatic rings. The molecule has 1 aromatic heterocycles. The van der Waals surface area contributed by atoms with Crippen LogP contribution in [0.3, 0.4) is 0 Å². The molecule has 0 saturated carbocycles. The smallest absolute Gasteiger partial charge is 0.320 e. The quantitative estimate of drug-likeness (QED) is 0.0400. The van der Waals surface area contributed by atoms with Gasteiger partial charge in [-0.2, -0.15) is 0 Å². The summed E-state index contributed by atoms with van der Waals surface area (Å²) in [5, 5.41) is 71.6. The number of carboxylic acids is 2. The topological polar surface area (TPSA) is 294 Å². The van der Waals surface area contributed by atoms with E-state index in [4.69, 9.17) is 9.72 Å². The van der Waals surface area contributed by atoms with Crippen LogP contribution in [0.1, 0.15) is 50.4 Å². The number of aliphatic hydroxyl groups is 5.